The molecule has 1 aromatic carbocycles. The van der Waals surface area contributed by atoms with Crippen molar-refractivity contribution in [2.75, 3.05) is 18.5 Å². The van der Waals surface area contributed by atoms with Gasteiger partial charge in [0.1, 0.15) is 17.3 Å². The van der Waals surface area contributed by atoms with Crippen LogP contribution in [-0.4, -0.2) is 19.6 Å². The Morgan fingerprint density at radius 1 is 1.21 bits per heavy atom. The van der Waals surface area contributed by atoms with Gasteiger partial charge in [0.25, 0.3) is 0 Å². The molecule has 1 aromatic rings. The minimum Gasteiger partial charge on any atom is -0.364 e. The zero-order chi connectivity index (χ0) is 13.8. The lowest BCUT2D eigenvalue weighted by Crippen LogP contribution is -2.34. The highest BCUT2D eigenvalue weighted by Gasteiger charge is 2.26. The second-order valence-electron chi connectivity index (χ2n) is 5.16. The fraction of sp³-hybridized carbons (Fsp3) is 0.600. The maximum atomic E-state index is 14.2. The largest absolute Gasteiger partial charge is 0.364 e. The van der Waals surface area contributed by atoms with Crippen molar-refractivity contribution in [2.24, 2.45) is 0 Å². The third-order valence-electron chi connectivity index (χ3n) is 3.85. The molecule has 0 atom stereocenters. The first-order chi connectivity index (χ1) is 9.17. The van der Waals surface area contributed by atoms with Gasteiger partial charge in [-0.3, -0.25) is 0 Å². The summed E-state index contributed by atoms with van der Waals surface area (Å²) in [6.45, 7) is 3.08. The van der Waals surface area contributed by atoms with Crippen LogP contribution in [0.1, 0.15) is 38.2 Å². The Balaban J connectivity index is 2.31. The molecular weight excluding hydrogens is 246 g/mol. The highest BCUT2D eigenvalue weighted by atomic mass is 19.1. The van der Waals surface area contributed by atoms with Gasteiger partial charge in [-0.25, -0.2) is 8.78 Å². The number of halogens is 2. The molecule has 0 aromatic heterocycles. The molecule has 1 aliphatic rings. The van der Waals surface area contributed by atoms with Crippen molar-refractivity contribution in [1.29, 1.82) is 0 Å². The van der Waals surface area contributed by atoms with Gasteiger partial charge in [-0.2, -0.15) is 0 Å². The number of nitrogens with one attached hydrogen (secondary N) is 1. The predicted octanol–water partition coefficient (Wildman–Crippen LogP) is 3.45. The molecule has 1 saturated carbocycles. The van der Waals surface area contributed by atoms with E-state index in [-0.39, 0.29) is 11.7 Å². The van der Waals surface area contributed by atoms with Crippen molar-refractivity contribution in [1.82, 2.24) is 5.32 Å². The van der Waals surface area contributed by atoms with E-state index in [1.165, 1.54) is 12.1 Å². The highest BCUT2D eigenvalue weighted by Crippen LogP contribution is 2.32. The molecule has 1 N–H and O–H groups in total. The Kier molecular flexibility index (Phi) is 4.75. The number of rotatable bonds is 5. The minimum atomic E-state index is -0.445. The second kappa shape index (κ2) is 6.33. The van der Waals surface area contributed by atoms with Crippen molar-refractivity contribution in [3.05, 3.63) is 29.3 Å². The van der Waals surface area contributed by atoms with Crippen LogP contribution in [0.2, 0.25) is 0 Å². The zero-order valence-corrected chi connectivity index (χ0v) is 11.7. The van der Waals surface area contributed by atoms with Crippen molar-refractivity contribution >= 4 is 5.69 Å². The lowest BCUT2D eigenvalue weighted by molar-refractivity contribution is 0.538. The lowest BCUT2D eigenvalue weighted by Gasteiger charge is -2.30. The molecule has 1 aliphatic carbocycles. The van der Waals surface area contributed by atoms with Crippen LogP contribution in [-0.2, 0) is 6.54 Å². The molecule has 19 heavy (non-hydrogen) atoms. The third-order valence-corrected chi connectivity index (χ3v) is 3.85. The van der Waals surface area contributed by atoms with Crippen molar-refractivity contribution < 1.29 is 8.78 Å². The van der Waals surface area contributed by atoms with Gasteiger partial charge >= 0.3 is 0 Å². The molecule has 2 rings (SSSR count). The summed E-state index contributed by atoms with van der Waals surface area (Å²) >= 11 is 0. The van der Waals surface area contributed by atoms with Crippen LogP contribution in [0, 0.1) is 11.6 Å². The molecule has 0 spiro atoms. The third kappa shape index (κ3) is 3.06. The smallest absolute Gasteiger partial charge is 0.149 e. The lowest BCUT2D eigenvalue weighted by atomic mass is 10.1. The van der Waals surface area contributed by atoms with E-state index >= 15 is 0 Å². The van der Waals surface area contributed by atoms with Gasteiger partial charge in [0, 0.05) is 19.1 Å². The monoisotopic (exact) mass is 268 g/mol. The number of anilines is 1. The average molecular weight is 268 g/mol. The van der Waals surface area contributed by atoms with Crippen molar-refractivity contribution in [3.8, 4) is 0 Å². The summed E-state index contributed by atoms with van der Waals surface area (Å²) in [6, 6.07) is 3.16. The topological polar surface area (TPSA) is 15.3 Å². The first-order valence-corrected chi connectivity index (χ1v) is 7.06. The summed E-state index contributed by atoms with van der Waals surface area (Å²) in [5.74, 6) is -0.891. The summed E-state index contributed by atoms with van der Waals surface area (Å²) in [6.07, 6.45) is 4.38. The fourth-order valence-corrected chi connectivity index (χ4v) is 3.01. The van der Waals surface area contributed by atoms with E-state index in [4.69, 9.17) is 0 Å². The number of benzene rings is 1. The van der Waals surface area contributed by atoms with Crippen molar-refractivity contribution in [2.45, 2.75) is 45.2 Å². The van der Waals surface area contributed by atoms with E-state index in [0.717, 1.165) is 25.7 Å². The van der Waals surface area contributed by atoms with Crippen LogP contribution in [0.4, 0.5) is 14.5 Å². The Morgan fingerprint density at radius 2 is 1.79 bits per heavy atom. The molecule has 0 bridgehead atoms. The zero-order valence-electron chi connectivity index (χ0n) is 11.7. The maximum absolute atomic E-state index is 14.2. The van der Waals surface area contributed by atoms with E-state index in [9.17, 15) is 8.78 Å². The van der Waals surface area contributed by atoms with Crippen molar-refractivity contribution in [3.63, 3.8) is 0 Å². The molecule has 4 heteroatoms. The summed E-state index contributed by atoms with van der Waals surface area (Å²) in [5.41, 5.74) is 0.790. The van der Waals surface area contributed by atoms with Gasteiger partial charge in [0.05, 0.1) is 0 Å². The van der Waals surface area contributed by atoms with E-state index in [1.807, 2.05) is 11.8 Å². The number of hydrogen-bond acceptors (Lipinski definition) is 2. The molecular formula is C15H22F2N2. The highest BCUT2D eigenvalue weighted by molar-refractivity contribution is 5.51. The molecule has 0 heterocycles. The normalized spacial score (nSPS) is 16.0. The summed E-state index contributed by atoms with van der Waals surface area (Å²) < 4.78 is 28.4. The summed E-state index contributed by atoms with van der Waals surface area (Å²) in [5, 5.41) is 2.91. The fourth-order valence-electron chi connectivity index (χ4n) is 3.01. The van der Waals surface area contributed by atoms with Crippen LogP contribution in [0.15, 0.2) is 12.1 Å². The van der Waals surface area contributed by atoms with E-state index in [2.05, 4.69) is 5.32 Å². The molecule has 0 saturated heterocycles. The van der Waals surface area contributed by atoms with Crippen LogP contribution in [0.25, 0.3) is 0 Å². The van der Waals surface area contributed by atoms with Gasteiger partial charge in [0.2, 0.25) is 0 Å². The number of nitrogens with zero attached hydrogens (tertiary/aromatic N) is 1. The summed E-state index contributed by atoms with van der Waals surface area (Å²) in [4.78, 5) is 1.89. The van der Waals surface area contributed by atoms with Crippen LogP contribution < -0.4 is 10.2 Å². The standard InChI is InChI=1S/C15H22F2N2/c1-3-19(12-6-4-5-7-12)15-13(16)8-11(10-18-2)9-14(15)17/h8-9,12,18H,3-7,10H2,1-2H3. The summed E-state index contributed by atoms with van der Waals surface area (Å²) in [7, 11) is 1.76. The Labute approximate surface area is 113 Å². The maximum Gasteiger partial charge on any atom is 0.149 e. The quantitative estimate of drug-likeness (QED) is 0.880. The Morgan fingerprint density at radius 3 is 2.26 bits per heavy atom. The van der Waals surface area contributed by atoms with Crippen LogP contribution in [0.5, 0.6) is 0 Å². The SMILES string of the molecule is CCN(c1c(F)cc(CNC)cc1F)C1CCCC1. The second-order valence-corrected chi connectivity index (χ2v) is 5.16. The molecule has 0 unspecified atom stereocenters. The van der Waals surface area contributed by atoms with Gasteiger partial charge in [0.15, 0.2) is 0 Å². The van der Waals surface area contributed by atoms with Gasteiger partial charge in [-0.05, 0) is 44.5 Å². The van der Waals surface area contributed by atoms with E-state index in [1.54, 1.807) is 7.05 Å². The minimum absolute atomic E-state index is 0.147. The number of hydrogen-bond donors (Lipinski definition) is 1. The van der Waals surface area contributed by atoms with E-state index < -0.39 is 11.6 Å². The molecule has 0 aliphatic heterocycles. The Bertz CT molecular complexity index is 405. The molecule has 0 radical (unpaired) electrons. The molecule has 1 fully saturated rings. The molecule has 106 valence electrons. The van der Waals surface area contributed by atoms with Gasteiger partial charge in [-0.1, -0.05) is 12.8 Å². The van der Waals surface area contributed by atoms with Crippen LogP contribution >= 0.6 is 0 Å². The first-order valence-electron chi connectivity index (χ1n) is 7.06. The van der Waals surface area contributed by atoms with Gasteiger partial charge in [-0.15, -0.1) is 0 Å². The van der Waals surface area contributed by atoms with Crippen LogP contribution in [0.3, 0.4) is 0 Å². The Hall–Kier alpha value is -1.16. The molecule has 2 nitrogen and oxygen atoms in total. The molecule has 0 amide bonds. The van der Waals surface area contributed by atoms with E-state index in [0.29, 0.717) is 18.7 Å². The predicted molar refractivity (Wildman–Crippen MR) is 74.4 cm³/mol. The first kappa shape index (κ1) is 14.3. The average Bonchev–Trinajstić information content (AvgIpc) is 2.87. The van der Waals surface area contributed by atoms with Gasteiger partial charge < -0.3 is 10.2 Å².